The highest BCUT2D eigenvalue weighted by molar-refractivity contribution is 5.77. The van der Waals surface area contributed by atoms with E-state index in [9.17, 15) is 9.59 Å². The summed E-state index contributed by atoms with van der Waals surface area (Å²) in [5.74, 6) is 1.22. The van der Waals surface area contributed by atoms with Gasteiger partial charge in [-0.3, -0.25) is 14.3 Å². The van der Waals surface area contributed by atoms with Crippen LogP contribution in [0, 0.1) is 0 Å². The summed E-state index contributed by atoms with van der Waals surface area (Å²) >= 11 is 0. The van der Waals surface area contributed by atoms with Gasteiger partial charge in [0.1, 0.15) is 5.75 Å². The Kier molecular flexibility index (Phi) is 6.59. The van der Waals surface area contributed by atoms with Crippen molar-refractivity contribution in [2.24, 2.45) is 7.05 Å². The fourth-order valence-electron chi connectivity index (χ4n) is 4.63. The van der Waals surface area contributed by atoms with Crippen molar-refractivity contribution < 1.29 is 14.3 Å². The number of benzene rings is 1. The molecule has 7 heteroatoms. The molecule has 2 aliphatic heterocycles. The average molecular weight is 425 g/mol. The molecule has 4 rings (SSSR count). The molecule has 0 atom stereocenters. The minimum absolute atomic E-state index is 0.171. The molecule has 2 amide bonds. The van der Waals surface area contributed by atoms with Gasteiger partial charge in [0, 0.05) is 70.2 Å². The second-order valence-electron chi connectivity index (χ2n) is 8.50. The van der Waals surface area contributed by atoms with Gasteiger partial charge >= 0.3 is 0 Å². The Labute approximate surface area is 184 Å². The maximum atomic E-state index is 12.9. The Balaban J connectivity index is 1.35. The van der Waals surface area contributed by atoms with Crippen LogP contribution in [0.25, 0.3) is 0 Å². The molecule has 0 spiro atoms. The zero-order valence-corrected chi connectivity index (χ0v) is 18.6. The zero-order valence-electron chi connectivity index (χ0n) is 18.6. The van der Waals surface area contributed by atoms with Crippen molar-refractivity contribution in [3.05, 3.63) is 46.8 Å². The van der Waals surface area contributed by atoms with Crippen LogP contribution in [-0.2, 0) is 42.4 Å². The molecule has 1 fully saturated rings. The molecule has 0 bridgehead atoms. The molecule has 166 valence electrons. The van der Waals surface area contributed by atoms with Gasteiger partial charge in [0.25, 0.3) is 0 Å². The molecule has 0 unspecified atom stereocenters. The van der Waals surface area contributed by atoms with Crippen LogP contribution < -0.4 is 4.74 Å². The second-order valence-corrected chi connectivity index (χ2v) is 8.50. The number of amides is 2. The SMILES string of the molecule is COc1ccc(CCC(=O)N2CCc3c(c(CCC(=O)N4CCCC4)nn3C)C2)cc1. The van der Waals surface area contributed by atoms with E-state index in [1.54, 1.807) is 7.11 Å². The van der Waals surface area contributed by atoms with Crippen molar-refractivity contribution in [2.75, 3.05) is 26.7 Å². The molecule has 0 N–H and O–H groups in total. The maximum absolute atomic E-state index is 12.9. The smallest absolute Gasteiger partial charge is 0.223 e. The highest BCUT2D eigenvalue weighted by Gasteiger charge is 2.27. The summed E-state index contributed by atoms with van der Waals surface area (Å²) in [6, 6.07) is 7.88. The monoisotopic (exact) mass is 424 g/mol. The Morgan fingerprint density at radius 3 is 2.35 bits per heavy atom. The molecule has 31 heavy (non-hydrogen) atoms. The summed E-state index contributed by atoms with van der Waals surface area (Å²) in [6.07, 6.45) is 5.38. The molecular weight excluding hydrogens is 392 g/mol. The van der Waals surface area contributed by atoms with E-state index in [1.165, 1.54) is 5.69 Å². The summed E-state index contributed by atoms with van der Waals surface area (Å²) in [6.45, 7) is 3.09. The number of rotatable bonds is 7. The molecule has 2 aliphatic rings. The lowest BCUT2D eigenvalue weighted by molar-refractivity contribution is -0.132. The molecule has 1 saturated heterocycles. The quantitative estimate of drug-likeness (QED) is 0.685. The zero-order chi connectivity index (χ0) is 21.8. The van der Waals surface area contributed by atoms with Gasteiger partial charge in [-0.05, 0) is 37.0 Å². The standard InChI is InChI=1S/C24H32N4O3/c1-26-22-13-16-28(24(30)11-7-18-5-8-19(31-2)9-6-18)17-20(22)21(25-26)10-12-23(29)27-14-3-4-15-27/h5-6,8-9H,3-4,7,10-17H2,1-2H3. The average Bonchev–Trinajstić information content (AvgIpc) is 3.44. The van der Waals surface area contributed by atoms with Crippen LogP contribution in [0.1, 0.15) is 48.2 Å². The van der Waals surface area contributed by atoms with Crippen LogP contribution in [-0.4, -0.2) is 58.1 Å². The van der Waals surface area contributed by atoms with Gasteiger partial charge < -0.3 is 14.5 Å². The summed E-state index contributed by atoms with van der Waals surface area (Å²) in [7, 11) is 3.62. The third-order valence-corrected chi connectivity index (χ3v) is 6.50. The van der Waals surface area contributed by atoms with Gasteiger partial charge in [-0.25, -0.2) is 0 Å². The first-order valence-corrected chi connectivity index (χ1v) is 11.3. The number of aryl methyl sites for hydroxylation is 3. The number of aromatic nitrogens is 2. The van der Waals surface area contributed by atoms with Crippen LogP contribution in [0.3, 0.4) is 0 Å². The molecule has 3 heterocycles. The Morgan fingerprint density at radius 1 is 0.968 bits per heavy atom. The normalized spacial score (nSPS) is 15.8. The summed E-state index contributed by atoms with van der Waals surface area (Å²) in [4.78, 5) is 29.2. The molecule has 1 aromatic heterocycles. The van der Waals surface area contributed by atoms with Crippen molar-refractivity contribution in [1.82, 2.24) is 19.6 Å². The van der Waals surface area contributed by atoms with Gasteiger partial charge in [-0.1, -0.05) is 12.1 Å². The number of hydrogen-bond donors (Lipinski definition) is 0. The number of carbonyl (C=O) groups is 2. The fraction of sp³-hybridized carbons (Fsp3) is 0.542. The lowest BCUT2D eigenvalue weighted by atomic mass is 10.0. The molecule has 0 aliphatic carbocycles. The van der Waals surface area contributed by atoms with E-state index in [0.717, 1.165) is 67.9 Å². The number of methoxy groups -OCH3 is 1. The van der Waals surface area contributed by atoms with Gasteiger partial charge in [-0.2, -0.15) is 5.10 Å². The van der Waals surface area contributed by atoms with E-state index in [0.29, 0.717) is 25.8 Å². The van der Waals surface area contributed by atoms with E-state index in [-0.39, 0.29) is 11.8 Å². The van der Waals surface area contributed by atoms with E-state index in [2.05, 4.69) is 0 Å². The fourth-order valence-corrected chi connectivity index (χ4v) is 4.63. The lowest BCUT2D eigenvalue weighted by Gasteiger charge is -2.28. The molecular formula is C24H32N4O3. The van der Waals surface area contributed by atoms with E-state index < -0.39 is 0 Å². The number of ether oxygens (including phenoxy) is 1. The van der Waals surface area contributed by atoms with Crippen molar-refractivity contribution in [2.45, 2.75) is 51.5 Å². The number of carbonyl (C=O) groups excluding carboxylic acids is 2. The van der Waals surface area contributed by atoms with Crippen molar-refractivity contribution in [3.8, 4) is 5.75 Å². The van der Waals surface area contributed by atoms with Crippen LogP contribution in [0.5, 0.6) is 5.75 Å². The predicted molar refractivity (Wildman–Crippen MR) is 118 cm³/mol. The summed E-state index contributed by atoms with van der Waals surface area (Å²) < 4.78 is 7.13. The van der Waals surface area contributed by atoms with Crippen LogP contribution >= 0.6 is 0 Å². The molecule has 2 aromatic rings. The molecule has 0 saturated carbocycles. The first-order valence-electron chi connectivity index (χ1n) is 11.3. The Hall–Kier alpha value is -2.83. The number of nitrogens with zero attached hydrogens (tertiary/aromatic N) is 4. The van der Waals surface area contributed by atoms with Crippen LogP contribution in [0.4, 0.5) is 0 Å². The van der Waals surface area contributed by atoms with Crippen molar-refractivity contribution in [1.29, 1.82) is 0 Å². The van der Waals surface area contributed by atoms with Crippen LogP contribution in [0.2, 0.25) is 0 Å². The third-order valence-electron chi connectivity index (χ3n) is 6.50. The first kappa shape index (κ1) is 21.4. The predicted octanol–water partition coefficient (Wildman–Crippen LogP) is 2.50. The van der Waals surface area contributed by atoms with Gasteiger partial charge in [0.2, 0.25) is 11.8 Å². The van der Waals surface area contributed by atoms with E-state index >= 15 is 0 Å². The molecule has 7 nitrogen and oxygen atoms in total. The van der Waals surface area contributed by atoms with Crippen LogP contribution in [0.15, 0.2) is 24.3 Å². The second kappa shape index (κ2) is 9.54. The summed E-state index contributed by atoms with van der Waals surface area (Å²) in [5.41, 5.74) is 4.44. The van der Waals surface area contributed by atoms with Crippen molar-refractivity contribution >= 4 is 11.8 Å². The topological polar surface area (TPSA) is 67.7 Å². The molecule has 1 aromatic carbocycles. The number of likely N-dealkylation sites (tertiary alicyclic amines) is 1. The minimum atomic E-state index is 0.171. The minimum Gasteiger partial charge on any atom is -0.497 e. The van der Waals surface area contributed by atoms with E-state index in [1.807, 2.05) is 45.8 Å². The summed E-state index contributed by atoms with van der Waals surface area (Å²) in [5, 5.41) is 4.69. The number of hydrogen-bond acceptors (Lipinski definition) is 4. The molecule has 0 radical (unpaired) electrons. The largest absolute Gasteiger partial charge is 0.497 e. The Morgan fingerprint density at radius 2 is 1.65 bits per heavy atom. The third kappa shape index (κ3) is 4.92. The maximum Gasteiger partial charge on any atom is 0.223 e. The van der Waals surface area contributed by atoms with E-state index in [4.69, 9.17) is 9.84 Å². The number of fused-ring (bicyclic) bond motifs is 1. The highest BCUT2D eigenvalue weighted by atomic mass is 16.5. The highest BCUT2D eigenvalue weighted by Crippen LogP contribution is 2.24. The van der Waals surface area contributed by atoms with Crippen molar-refractivity contribution in [3.63, 3.8) is 0 Å². The Bertz CT molecular complexity index is 929. The van der Waals surface area contributed by atoms with Gasteiger partial charge in [0.15, 0.2) is 0 Å². The van der Waals surface area contributed by atoms with Gasteiger partial charge in [-0.15, -0.1) is 0 Å². The van der Waals surface area contributed by atoms with Gasteiger partial charge in [0.05, 0.1) is 12.8 Å². The first-order chi connectivity index (χ1) is 15.0. The lowest BCUT2D eigenvalue weighted by Crippen LogP contribution is -2.36.